The van der Waals surface area contributed by atoms with Gasteiger partial charge in [-0.25, -0.2) is 0 Å². The van der Waals surface area contributed by atoms with Gasteiger partial charge < -0.3 is 0 Å². The summed E-state index contributed by atoms with van der Waals surface area (Å²) in [5.41, 5.74) is 1.32. The van der Waals surface area contributed by atoms with E-state index < -0.39 is 0 Å². The highest BCUT2D eigenvalue weighted by atomic mass is 14.6. The van der Waals surface area contributed by atoms with Gasteiger partial charge in [-0.2, -0.15) is 0 Å². The smallest absolute Gasteiger partial charge is 0.0343 e. The fourth-order valence-electron chi connectivity index (χ4n) is 1.46. The Bertz CT molecular complexity index is 427. The first-order valence-electron chi connectivity index (χ1n) is 4.15. The van der Waals surface area contributed by atoms with Crippen LogP contribution in [0.2, 0.25) is 0 Å². The number of nitrogens with zero attached hydrogens (tertiary/aromatic N) is 1. The van der Waals surface area contributed by atoms with E-state index in [0.717, 1.165) is 6.42 Å². The van der Waals surface area contributed by atoms with Crippen molar-refractivity contribution in [3.63, 3.8) is 0 Å². The maximum Gasteiger partial charge on any atom is 0.0343 e. The third-order valence-electron chi connectivity index (χ3n) is 2.12. The van der Waals surface area contributed by atoms with E-state index in [1.54, 1.807) is 0 Å². The Labute approximate surface area is 71.8 Å². The monoisotopic (exact) mass is 157 g/mol. The number of rotatable bonds is 0. The Morgan fingerprint density at radius 3 is 3.25 bits per heavy atom. The second-order valence-corrected chi connectivity index (χ2v) is 2.99. The van der Waals surface area contributed by atoms with Gasteiger partial charge >= 0.3 is 0 Å². The van der Waals surface area contributed by atoms with Crippen LogP contribution in [-0.4, -0.2) is 4.98 Å². The highest BCUT2D eigenvalue weighted by molar-refractivity contribution is 5.56. The lowest BCUT2D eigenvalue weighted by Gasteiger charge is -1.90. The van der Waals surface area contributed by atoms with Gasteiger partial charge in [0.15, 0.2) is 0 Å². The average molecular weight is 157 g/mol. The largest absolute Gasteiger partial charge is 0.264 e. The van der Waals surface area contributed by atoms with Gasteiger partial charge in [0.1, 0.15) is 0 Å². The third-order valence-corrected chi connectivity index (χ3v) is 2.12. The molecule has 0 atom stereocenters. The summed E-state index contributed by atoms with van der Waals surface area (Å²) in [6.07, 6.45) is 11.3. The van der Waals surface area contributed by atoms with E-state index in [1.165, 1.54) is 16.0 Å². The SMILES string of the molecule is CC1=c2ccncc2=CCC=C1. The Balaban J connectivity index is 2.89. The molecule has 1 aliphatic carbocycles. The van der Waals surface area contributed by atoms with Gasteiger partial charge in [-0.15, -0.1) is 0 Å². The number of allylic oxidation sites excluding steroid dienone is 2. The zero-order valence-corrected chi connectivity index (χ0v) is 7.12. The summed E-state index contributed by atoms with van der Waals surface area (Å²) in [5.74, 6) is 0. The summed E-state index contributed by atoms with van der Waals surface area (Å²) in [5, 5.41) is 2.55. The minimum atomic E-state index is 1.01. The van der Waals surface area contributed by atoms with Crippen molar-refractivity contribution in [1.82, 2.24) is 4.98 Å². The molecule has 0 saturated carbocycles. The zero-order chi connectivity index (χ0) is 8.39. The molecule has 0 unspecified atom stereocenters. The van der Waals surface area contributed by atoms with Crippen LogP contribution >= 0.6 is 0 Å². The molecule has 0 N–H and O–H groups in total. The number of aromatic nitrogens is 1. The van der Waals surface area contributed by atoms with Crippen LogP contribution in [0.15, 0.2) is 30.6 Å². The van der Waals surface area contributed by atoms with Gasteiger partial charge in [-0.05, 0) is 35.4 Å². The van der Waals surface area contributed by atoms with Gasteiger partial charge in [-0.1, -0.05) is 18.2 Å². The number of hydrogen-bond acceptors (Lipinski definition) is 1. The van der Waals surface area contributed by atoms with Crippen LogP contribution in [0.3, 0.4) is 0 Å². The van der Waals surface area contributed by atoms with Gasteiger partial charge in [0.05, 0.1) is 0 Å². The van der Waals surface area contributed by atoms with Crippen molar-refractivity contribution in [2.24, 2.45) is 0 Å². The molecule has 0 radical (unpaired) electrons. The van der Waals surface area contributed by atoms with E-state index >= 15 is 0 Å². The molecule has 0 amide bonds. The Hall–Kier alpha value is -1.37. The lowest BCUT2D eigenvalue weighted by molar-refractivity contribution is 1.26. The minimum Gasteiger partial charge on any atom is -0.264 e. The molecule has 0 spiro atoms. The van der Waals surface area contributed by atoms with Crippen molar-refractivity contribution in [3.8, 4) is 0 Å². The van der Waals surface area contributed by atoms with Crippen molar-refractivity contribution in [2.75, 3.05) is 0 Å². The molecule has 1 aromatic heterocycles. The normalized spacial score (nSPS) is 14.9. The molecule has 1 heterocycles. The molecule has 12 heavy (non-hydrogen) atoms. The molecule has 0 fully saturated rings. The molecule has 1 nitrogen and oxygen atoms in total. The van der Waals surface area contributed by atoms with Crippen LogP contribution < -0.4 is 10.4 Å². The van der Waals surface area contributed by atoms with Crippen LogP contribution in [0.5, 0.6) is 0 Å². The molecule has 0 bridgehead atoms. The molecule has 0 aliphatic heterocycles. The Morgan fingerprint density at radius 2 is 2.33 bits per heavy atom. The van der Waals surface area contributed by atoms with Crippen molar-refractivity contribution >= 4 is 11.6 Å². The van der Waals surface area contributed by atoms with Crippen LogP contribution in [0, 0.1) is 0 Å². The number of hydrogen-bond donors (Lipinski definition) is 0. The summed E-state index contributed by atoms with van der Waals surface area (Å²) in [4.78, 5) is 4.10. The van der Waals surface area contributed by atoms with E-state index in [2.05, 4.69) is 36.2 Å². The lowest BCUT2D eigenvalue weighted by Crippen LogP contribution is -2.25. The molecular weight excluding hydrogens is 146 g/mol. The molecule has 2 rings (SSSR count). The zero-order valence-electron chi connectivity index (χ0n) is 7.12. The number of pyridine rings is 1. The first kappa shape index (κ1) is 7.29. The van der Waals surface area contributed by atoms with E-state index in [9.17, 15) is 0 Å². The standard InChI is InChI=1S/C11H11N/c1-9-4-2-3-5-10-8-12-7-6-11(9)10/h2,4-8H,3H2,1H3. The molecule has 0 saturated heterocycles. The first-order valence-corrected chi connectivity index (χ1v) is 4.15. The Morgan fingerprint density at radius 1 is 1.42 bits per heavy atom. The topological polar surface area (TPSA) is 12.9 Å². The van der Waals surface area contributed by atoms with E-state index in [4.69, 9.17) is 0 Å². The first-order chi connectivity index (χ1) is 5.88. The van der Waals surface area contributed by atoms with Crippen LogP contribution in [0.25, 0.3) is 11.6 Å². The molecule has 60 valence electrons. The molecule has 1 aliphatic rings. The summed E-state index contributed by atoms with van der Waals surface area (Å²) >= 11 is 0. The third kappa shape index (κ3) is 1.18. The summed E-state index contributed by atoms with van der Waals surface area (Å²) in [7, 11) is 0. The molecule has 1 heteroatoms. The Kier molecular flexibility index (Phi) is 1.78. The summed E-state index contributed by atoms with van der Waals surface area (Å²) in [6, 6.07) is 2.07. The van der Waals surface area contributed by atoms with Gasteiger partial charge in [-0.3, -0.25) is 4.98 Å². The summed E-state index contributed by atoms with van der Waals surface area (Å²) in [6.45, 7) is 2.13. The highest BCUT2D eigenvalue weighted by Crippen LogP contribution is 1.96. The quantitative estimate of drug-likeness (QED) is 0.547. The second-order valence-electron chi connectivity index (χ2n) is 2.99. The van der Waals surface area contributed by atoms with Crippen molar-refractivity contribution < 1.29 is 0 Å². The van der Waals surface area contributed by atoms with E-state index in [1.807, 2.05) is 12.4 Å². The maximum atomic E-state index is 4.10. The molecule has 0 aromatic carbocycles. The number of fused-ring (bicyclic) bond motifs is 1. The lowest BCUT2D eigenvalue weighted by atomic mass is 10.2. The van der Waals surface area contributed by atoms with E-state index in [0.29, 0.717) is 0 Å². The second kappa shape index (κ2) is 2.94. The highest BCUT2D eigenvalue weighted by Gasteiger charge is 1.91. The van der Waals surface area contributed by atoms with Gasteiger partial charge in [0, 0.05) is 12.4 Å². The average Bonchev–Trinajstić information content (AvgIpc) is 2.29. The minimum absolute atomic E-state index is 1.01. The van der Waals surface area contributed by atoms with Crippen molar-refractivity contribution in [1.29, 1.82) is 0 Å². The van der Waals surface area contributed by atoms with Crippen LogP contribution in [0.4, 0.5) is 0 Å². The van der Waals surface area contributed by atoms with Gasteiger partial charge in [0.25, 0.3) is 0 Å². The summed E-state index contributed by atoms with van der Waals surface area (Å²) < 4.78 is 0. The van der Waals surface area contributed by atoms with Crippen molar-refractivity contribution in [2.45, 2.75) is 13.3 Å². The van der Waals surface area contributed by atoms with E-state index in [-0.39, 0.29) is 0 Å². The fourth-order valence-corrected chi connectivity index (χ4v) is 1.46. The molecular formula is C11H11N. The van der Waals surface area contributed by atoms with Crippen LogP contribution in [0.1, 0.15) is 13.3 Å². The maximum absolute atomic E-state index is 4.10. The van der Waals surface area contributed by atoms with Gasteiger partial charge in [0.2, 0.25) is 0 Å². The predicted octanol–water partition coefficient (Wildman–Crippen LogP) is 0.993. The molecule has 1 aromatic rings. The fraction of sp³-hybridized carbons (Fsp3) is 0.182. The van der Waals surface area contributed by atoms with Crippen molar-refractivity contribution in [3.05, 3.63) is 41.0 Å². The predicted molar refractivity (Wildman–Crippen MR) is 50.8 cm³/mol. The van der Waals surface area contributed by atoms with Crippen LogP contribution in [-0.2, 0) is 0 Å².